The summed E-state index contributed by atoms with van der Waals surface area (Å²) in [6, 6.07) is 13.7. The molecule has 0 bridgehead atoms. The summed E-state index contributed by atoms with van der Waals surface area (Å²) in [5, 5.41) is 6.34. The van der Waals surface area contributed by atoms with Gasteiger partial charge in [0.25, 0.3) is 0 Å². The van der Waals surface area contributed by atoms with E-state index in [1.807, 2.05) is 13.0 Å². The predicted molar refractivity (Wildman–Crippen MR) is 95.6 cm³/mol. The second-order valence-electron chi connectivity index (χ2n) is 5.13. The molecule has 1 amide bonds. The molecule has 24 heavy (non-hydrogen) atoms. The standard InChI is InChI=1S/C18H19ClN2O3/c1-2-10-24-18(23)13-6-8-15(9-7-13)21-17(22)12-20-16-5-3-4-14(19)11-16/h3-9,11,20H,2,10,12H2,1H3,(H,21,22). The van der Waals surface area contributed by atoms with Crippen LogP contribution >= 0.6 is 11.6 Å². The molecule has 0 spiro atoms. The van der Waals surface area contributed by atoms with Gasteiger partial charge >= 0.3 is 5.97 Å². The van der Waals surface area contributed by atoms with Crippen LogP contribution in [-0.2, 0) is 9.53 Å². The van der Waals surface area contributed by atoms with Crippen molar-refractivity contribution >= 4 is 34.9 Å². The second-order valence-corrected chi connectivity index (χ2v) is 5.56. The number of nitrogens with one attached hydrogen (secondary N) is 2. The van der Waals surface area contributed by atoms with Crippen LogP contribution in [0.5, 0.6) is 0 Å². The third-order valence-corrected chi connectivity index (χ3v) is 3.35. The number of carbonyl (C=O) groups excluding carboxylic acids is 2. The van der Waals surface area contributed by atoms with Crippen LogP contribution in [0, 0.1) is 0 Å². The fourth-order valence-electron chi connectivity index (χ4n) is 1.95. The van der Waals surface area contributed by atoms with Crippen molar-refractivity contribution < 1.29 is 14.3 Å². The van der Waals surface area contributed by atoms with E-state index in [0.717, 1.165) is 12.1 Å². The Morgan fingerprint density at radius 3 is 2.50 bits per heavy atom. The minimum Gasteiger partial charge on any atom is -0.462 e. The molecule has 0 aliphatic heterocycles. The van der Waals surface area contributed by atoms with Crippen molar-refractivity contribution in [1.29, 1.82) is 0 Å². The Hall–Kier alpha value is -2.53. The Balaban J connectivity index is 1.84. The maximum absolute atomic E-state index is 11.9. The molecule has 5 nitrogen and oxygen atoms in total. The molecule has 0 aromatic heterocycles. The number of carbonyl (C=O) groups is 2. The fourth-order valence-corrected chi connectivity index (χ4v) is 2.14. The van der Waals surface area contributed by atoms with Gasteiger partial charge in [0.05, 0.1) is 18.7 Å². The highest BCUT2D eigenvalue weighted by Crippen LogP contribution is 2.15. The maximum atomic E-state index is 11.9. The number of hydrogen-bond donors (Lipinski definition) is 2. The average Bonchev–Trinajstić information content (AvgIpc) is 2.58. The predicted octanol–water partition coefficient (Wildman–Crippen LogP) is 3.96. The lowest BCUT2D eigenvalue weighted by Crippen LogP contribution is -2.21. The topological polar surface area (TPSA) is 67.4 Å². The molecule has 0 saturated carbocycles. The van der Waals surface area contributed by atoms with Crippen molar-refractivity contribution in [3.8, 4) is 0 Å². The molecule has 2 aromatic carbocycles. The number of rotatable bonds is 7. The molecule has 6 heteroatoms. The van der Waals surface area contributed by atoms with E-state index in [4.69, 9.17) is 16.3 Å². The van der Waals surface area contributed by atoms with Crippen LogP contribution in [0.15, 0.2) is 48.5 Å². The highest BCUT2D eigenvalue weighted by molar-refractivity contribution is 6.30. The van der Waals surface area contributed by atoms with Gasteiger partial charge in [-0.1, -0.05) is 24.6 Å². The Morgan fingerprint density at radius 2 is 1.83 bits per heavy atom. The lowest BCUT2D eigenvalue weighted by molar-refractivity contribution is -0.114. The van der Waals surface area contributed by atoms with Crippen LogP contribution in [-0.4, -0.2) is 25.0 Å². The van der Waals surface area contributed by atoms with Crippen molar-refractivity contribution in [2.45, 2.75) is 13.3 Å². The molecule has 2 rings (SSSR count). The summed E-state index contributed by atoms with van der Waals surface area (Å²) in [6.07, 6.45) is 0.777. The van der Waals surface area contributed by atoms with Crippen molar-refractivity contribution in [2.24, 2.45) is 0 Å². The molecule has 0 fully saturated rings. The Kier molecular flexibility index (Phi) is 6.63. The normalized spacial score (nSPS) is 10.1. The first-order chi connectivity index (χ1) is 11.6. The molecule has 2 N–H and O–H groups in total. The van der Waals surface area contributed by atoms with Crippen molar-refractivity contribution in [2.75, 3.05) is 23.8 Å². The molecule has 0 heterocycles. The number of hydrogen-bond acceptors (Lipinski definition) is 4. The lowest BCUT2D eigenvalue weighted by atomic mass is 10.2. The molecular weight excluding hydrogens is 328 g/mol. The molecule has 2 aromatic rings. The fraction of sp³-hybridized carbons (Fsp3) is 0.222. The number of anilines is 2. The number of halogens is 1. The third-order valence-electron chi connectivity index (χ3n) is 3.12. The minimum atomic E-state index is -0.364. The second kappa shape index (κ2) is 8.93. The quantitative estimate of drug-likeness (QED) is 0.745. The number of esters is 1. The largest absolute Gasteiger partial charge is 0.462 e. The summed E-state index contributed by atoms with van der Waals surface area (Å²) in [5.74, 6) is -0.561. The third kappa shape index (κ3) is 5.59. The van der Waals surface area contributed by atoms with Gasteiger partial charge in [-0.05, 0) is 48.9 Å². The van der Waals surface area contributed by atoms with Gasteiger partial charge in [-0.3, -0.25) is 4.79 Å². The van der Waals surface area contributed by atoms with E-state index < -0.39 is 0 Å². The van der Waals surface area contributed by atoms with Crippen molar-refractivity contribution in [3.63, 3.8) is 0 Å². The van der Waals surface area contributed by atoms with E-state index in [1.165, 1.54) is 0 Å². The first-order valence-corrected chi connectivity index (χ1v) is 8.02. The minimum absolute atomic E-state index is 0.112. The van der Waals surface area contributed by atoms with E-state index in [9.17, 15) is 9.59 Å². The smallest absolute Gasteiger partial charge is 0.338 e. The van der Waals surface area contributed by atoms with E-state index in [0.29, 0.717) is 22.9 Å². The summed E-state index contributed by atoms with van der Waals surface area (Å²) in [4.78, 5) is 23.6. The van der Waals surface area contributed by atoms with E-state index in [-0.39, 0.29) is 18.4 Å². The van der Waals surface area contributed by atoms with Gasteiger partial charge < -0.3 is 15.4 Å². The van der Waals surface area contributed by atoms with Crippen LogP contribution < -0.4 is 10.6 Å². The van der Waals surface area contributed by atoms with Crippen LogP contribution in [0.3, 0.4) is 0 Å². The summed E-state index contributed by atoms with van der Waals surface area (Å²) in [7, 11) is 0. The molecule has 0 radical (unpaired) electrons. The molecule has 0 aliphatic rings. The van der Waals surface area contributed by atoms with Gasteiger partial charge in [-0.25, -0.2) is 4.79 Å². The van der Waals surface area contributed by atoms with Crippen molar-refractivity contribution in [1.82, 2.24) is 0 Å². The zero-order valence-corrected chi connectivity index (χ0v) is 14.1. The van der Waals surface area contributed by atoms with Gasteiger partial charge in [-0.15, -0.1) is 0 Å². The molecule has 126 valence electrons. The van der Waals surface area contributed by atoms with E-state index in [2.05, 4.69) is 10.6 Å². The van der Waals surface area contributed by atoms with E-state index in [1.54, 1.807) is 42.5 Å². The molecule has 0 unspecified atom stereocenters. The van der Waals surface area contributed by atoms with Crippen molar-refractivity contribution in [3.05, 3.63) is 59.1 Å². The summed E-state index contributed by atoms with van der Waals surface area (Å²) >= 11 is 5.88. The zero-order valence-electron chi connectivity index (χ0n) is 13.3. The lowest BCUT2D eigenvalue weighted by Gasteiger charge is -2.09. The van der Waals surface area contributed by atoms with Crippen LogP contribution in [0.2, 0.25) is 5.02 Å². The first kappa shape index (κ1) is 17.8. The molecule has 0 atom stereocenters. The Bertz CT molecular complexity index is 702. The monoisotopic (exact) mass is 346 g/mol. The Labute approximate surface area is 146 Å². The van der Waals surface area contributed by atoms with Crippen LogP contribution in [0.1, 0.15) is 23.7 Å². The number of benzene rings is 2. The molecule has 0 saturated heterocycles. The van der Waals surface area contributed by atoms with Gasteiger partial charge in [0, 0.05) is 16.4 Å². The molecular formula is C18H19ClN2O3. The van der Waals surface area contributed by atoms with Gasteiger partial charge in [0.1, 0.15) is 0 Å². The highest BCUT2D eigenvalue weighted by Gasteiger charge is 2.07. The average molecular weight is 347 g/mol. The van der Waals surface area contributed by atoms with Crippen LogP contribution in [0.25, 0.3) is 0 Å². The Morgan fingerprint density at radius 1 is 1.08 bits per heavy atom. The van der Waals surface area contributed by atoms with Crippen LogP contribution in [0.4, 0.5) is 11.4 Å². The maximum Gasteiger partial charge on any atom is 0.338 e. The SMILES string of the molecule is CCCOC(=O)c1ccc(NC(=O)CNc2cccc(Cl)c2)cc1. The summed E-state index contributed by atoms with van der Waals surface area (Å²) < 4.78 is 5.05. The zero-order chi connectivity index (χ0) is 17.4. The summed E-state index contributed by atoms with van der Waals surface area (Å²) in [5.41, 5.74) is 1.84. The number of amides is 1. The highest BCUT2D eigenvalue weighted by atomic mass is 35.5. The van der Waals surface area contributed by atoms with Gasteiger partial charge in [0.15, 0.2) is 0 Å². The molecule has 0 aliphatic carbocycles. The first-order valence-electron chi connectivity index (χ1n) is 7.65. The number of ether oxygens (including phenoxy) is 1. The summed E-state index contributed by atoms with van der Waals surface area (Å²) in [6.45, 7) is 2.44. The van der Waals surface area contributed by atoms with Gasteiger partial charge in [0.2, 0.25) is 5.91 Å². The van der Waals surface area contributed by atoms with Gasteiger partial charge in [-0.2, -0.15) is 0 Å². The van der Waals surface area contributed by atoms with E-state index >= 15 is 0 Å².